The maximum Gasteiger partial charge on any atom is 0.252 e. The zero-order chi connectivity index (χ0) is 25.2. The first kappa shape index (κ1) is 28.8. The Balaban J connectivity index is 2.85. The van der Waals surface area contributed by atoms with E-state index in [9.17, 15) is 30.0 Å². The van der Waals surface area contributed by atoms with Gasteiger partial charge < -0.3 is 35.4 Å². The molecule has 6 atom stereocenters. The first-order valence-electron chi connectivity index (χ1n) is 11.0. The van der Waals surface area contributed by atoms with Crippen LogP contribution in [0.2, 0.25) is 0 Å². The highest BCUT2D eigenvalue weighted by Crippen LogP contribution is 2.18. The van der Waals surface area contributed by atoms with Crippen LogP contribution in [0, 0.1) is 5.41 Å². The number of likely N-dealkylation sites (tertiary alicyclic amines) is 1. The molecule has 1 heterocycles. The fourth-order valence-corrected chi connectivity index (χ4v) is 3.39. The summed E-state index contributed by atoms with van der Waals surface area (Å²) < 4.78 is 5.06. The molecule has 0 bridgehead atoms. The fourth-order valence-electron chi connectivity index (χ4n) is 3.39. The normalized spacial score (nSPS) is 23.4. The number of nitrogens with zero attached hydrogens (tertiary/aromatic N) is 4. The maximum atomic E-state index is 12.9. The van der Waals surface area contributed by atoms with Crippen LogP contribution in [0.5, 0.6) is 0 Å². The van der Waals surface area contributed by atoms with Crippen molar-refractivity contribution in [1.29, 1.82) is 0 Å². The molecule has 1 fully saturated rings. The number of methoxy groups -OCH3 is 1. The van der Waals surface area contributed by atoms with Crippen LogP contribution in [0.1, 0.15) is 40.0 Å². The van der Waals surface area contributed by atoms with Crippen molar-refractivity contribution in [2.75, 3.05) is 26.7 Å². The van der Waals surface area contributed by atoms with E-state index in [1.54, 1.807) is 6.08 Å². The topological polar surface area (TPSA) is 188 Å². The van der Waals surface area contributed by atoms with E-state index in [-0.39, 0.29) is 37.9 Å². The molecule has 0 aliphatic carbocycles. The standard InChI is InChI=1S/C21H37N5O7/c1-21(2,3)9-8-15(28)16(29)17(30)18(33-4)19(31)24-14-7-6-13(27)12-26(20(14)32)11-5-10-23-25-22/h8-9,13-18,27-30H,5-7,10-12H2,1-4H3,(H,24,31)/b9-8+/t13-,14-,15+,16-,17+,18+/m0/s1. The van der Waals surface area contributed by atoms with Gasteiger partial charge in [-0.2, -0.15) is 0 Å². The van der Waals surface area contributed by atoms with Crippen molar-refractivity contribution in [3.8, 4) is 0 Å². The lowest BCUT2D eigenvalue weighted by atomic mass is 9.94. The van der Waals surface area contributed by atoms with Gasteiger partial charge in [0.25, 0.3) is 5.91 Å². The SMILES string of the molecule is CO[C@@H](C(=O)N[C@H]1CC[C@H](O)CN(CCCN=[N+]=[N-])C1=O)[C@H](O)[C@@H](O)[C@H](O)/C=C/C(C)(C)C. The van der Waals surface area contributed by atoms with Crippen LogP contribution in [-0.4, -0.2) is 100 Å². The lowest BCUT2D eigenvalue weighted by Gasteiger charge is -2.29. The molecule has 0 spiro atoms. The fraction of sp³-hybridized carbons (Fsp3) is 0.810. The number of β-amino-alcohol motifs (C(OH)–C–C–N with tert-alkyl or cyclic N) is 1. The summed E-state index contributed by atoms with van der Waals surface area (Å²) in [6, 6.07) is -0.971. The van der Waals surface area contributed by atoms with E-state index in [2.05, 4.69) is 15.3 Å². The lowest BCUT2D eigenvalue weighted by Crippen LogP contribution is -2.56. The number of ether oxygens (including phenoxy) is 1. The molecule has 0 unspecified atom stereocenters. The summed E-state index contributed by atoms with van der Waals surface area (Å²) in [7, 11) is 1.16. The van der Waals surface area contributed by atoms with Crippen LogP contribution in [0.4, 0.5) is 0 Å². The van der Waals surface area contributed by atoms with E-state index in [1.165, 1.54) is 11.0 Å². The van der Waals surface area contributed by atoms with Gasteiger partial charge in [0.15, 0.2) is 6.10 Å². The summed E-state index contributed by atoms with van der Waals surface area (Å²) in [5.74, 6) is -1.25. The second kappa shape index (κ2) is 13.5. The number of aliphatic hydroxyl groups is 4. The molecule has 12 heteroatoms. The van der Waals surface area contributed by atoms with Gasteiger partial charge in [0.1, 0.15) is 24.4 Å². The monoisotopic (exact) mass is 471 g/mol. The molecule has 1 rings (SSSR count). The second-order valence-electron chi connectivity index (χ2n) is 9.24. The molecule has 0 aromatic rings. The van der Waals surface area contributed by atoms with Crippen LogP contribution in [0.25, 0.3) is 10.4 Å². The summed E-state index contributed by atoms with van der Waals surface area (Å²) in [6.45, 7) is 6.20. The van der Waals surface area contributed by atoms with Crippen molar-refractivity contribution in [3.63, 3.8) is 0 Å². The van der Waals surface area contributed by atoms with Crippen LogP contribution < -0.4 is 5.32 Å². The molecular weight excluding hydrogens is 434 g/mol. The highest BCUT2D eigenvalue weighted by Gasteiger charge is 2.38. The third kappa shape index (κ3) is 9.66. The third-order valence-corrected chi connectivity index (χ3v) is 5.21. The molecule has 33 heavy (non-hydrogen) atoms. The predicted octanol–water partition coefficient (Wildman–Crippen LogP) is -0.145. The highest BCUT2D eigenvalue weighted by atomic mass is 16.5. The number of rotatable bonds is 11. The lowest BCUT2D eigenvalue weighted by molar-refractivity contribution is -0.151. The molecule has 12 nitrogen and oxygen atoms in total. The molecule has 1 saturated heterocycles. The van der Waals surface area contributed by atoms with Gasteiger partial charge >= 0.3 is 0 Å². The summed E-state index contributed by atoms with van der Waals surface area (Å²) >= 11 is 0. The van der Waals surface area contributed by atoms with E-state index in [0.29, 0.717) is 6.42 Å². The van der Waals surface area contributed by atoms with Gasteiger partial charge in [-0.25, -0.2) is 0 Å². The van der Waals surface area contributed by atoms with Gasteiger partial charge in [0, 0.05) is 31.7 Å². The Morgan fingerprint density at radius 2 is 2.00 bits per heavy atom. The van der Waals surface area contributed by atoms with Gasteiger partial charge in [-0.05, 0) is 30.2 Å². The largest absolute Gasteiger partial charge is 0.391 e. The first-order valence-corrected chi connectivity index (χ1v) is 11.0. The number of nitrogens with one attached hydrogen (secondary N) is 1. The number of azide groups is 1. The summed E-state index contributed by atoms with van der Waals surface area (Å²) in [5, 5.41) is 47.0. The van der Waals surface area contributed by atoms with E-state index in [1.807, 2.05) is 20.8 Å². The number of amides is 2. The Morgan fingerprint density at radius 1 is 1.33 bits per heavy atom. The Labute approximate surface area is 193 Å². The molecule has 188 valence electrons. The molecule has 0 aromatic carbocycles. The molecule has 0 saturated carbocycles. The van der Waals surface area contributed by atoms with Crippen molar-refractivity contribution in [2.45, 2.75) is 76.6 Å². The molecule has 0 radical (unpaired) electrons. The van der Waals surface area contributed by atoms with Crippen molar-refractivity contribution in [2.24, 2.45) is 10.5 Å². The molecule has 1 aliphatic heterocycles. The molecule has 0 aromatic heterocycles. The quantitative estimate of drug-likeness (QED) is 0.0910. The number of carbonyl (C=O) groups excluding carboxylic acids is 2. The van der Waals surface area contributed by atoms with Crippen molar-refractivity contribution < 1.29 is 34.8 Å². The van der Waals surface area contributed by atoms with Gasteiger partial charge in [-0.3, -0.25) is 9.59 Å². The molecule has 5 N–H and O–H groups in total. The van der Waals surface area contributed by atoms with Crippen molar-refractivity contribution in [1.82, 2.24) is 10.2 Å². The Hall–Kier alpha value is -2.21. The first-order chi connectivity index (χ1) is 15.4. The third-order valence-electron chi connectivity index (χ3n) is 5.21. The van der Waals surface area contributed by atoms with E-state index in [4.69, 9.17) is 10.3 Å². The van der Waals surface area contributed by atoms with E-state index < -0.39 is 48.4 Å². The maximum absolute atomic E-state index is 12.9. The summed E-state index contributed by atoms with van der Waals surface area (Å²) in [6.07, 6.45) is -3.38. The summed E-state index contributed by atoms with van der Waals surface area (Å²) in [4.78, 5) is 29.7. The minimum absolute atomic E-state index is 0.0861. The second-order valence-corrected chi connectivity index (χ2v) is 9.24. The average molecular weight is 472 g/mol. The van der Waals surface area contributed by atoms with Crippen LogP contribution in [-0.2, 0) is 14.3 Å². The Morgan fingerprint density at radius 3 is 2.58 bits per heavy atom. The average Bonchev–Trinajstić information content (AvgIpc) is 2.87. The highest BCUT2D eigenvalue weighted by molar-refractivity contribution is 5.90. The summed E-state index contributed by atoms with van der Waals surface area (Å²) in [5.41, 5.74) is 8.10. The van der Waals surface area contributed by atoms with Crippen molar-refractivity contribution in [3.05, 3.63) is 22.6 Å². The minimum atomic E-state index is -1.76. The molecule has 2 amide bonds. The van der Waals surface area contributed by atoms with Gasteiger partial charge in [0.2, 0.25) is 5.91 Å². The Bertz CT molecular complexity index is 720. The van der Waals surface area contributed by atoms with E-state index in [0.717, 1.165) is 7.11 Å². The number of allylic oxidation sites excluding steroid dienone is 1. The number of carbonyl (C=O) groups is 2. The smallest absolute Gasteiger partial charge is 0.252 e. The molecular formula is C21H37N5O7. The zero-order valence-electron chi connectivity index (χ0n) is 19.7. The zero-order valence-corrected chi connectivity index (χ0v) is 19.7. The van der Waals surface area contributed by atoms with Crippen LogP contribution in [0.3, 0.4) is 0 Å². The predicted molar refractivity (Wildman–Crippen MR) is 120 cm³/mol. The number of aliphatic hydroxyl groups excluding tert-OH is 4. The van der Waals surface area contributed by atoms with Crippen LogP contribution >= 0.6 is 0 Å². The number of hydrogen-bond acceptors (Lipinski definition) is 8. The van der Waals surface area contributed by atoms with Crippen LogP contribution in [0.15, 0.2) is 17.3 Å². The van der Waals surface area contributed by atoms with Gasteiger partial charge in [-0.1, -0.05) is 38.0 Å². The van der Waals surface area contributed by atoms with Crippen molar-refractivity contribution >= 4 is 11.8 Å². The number of hydrogen-bond donors (Lipinski definition) is 5. The minimum Gasteiger partial charge on any atom is -0.391 e. The molecule has 1 aliphatic rings. The van der Waals surface area contributed by atoms with Gasteiger partial charge in [-0.15, -0.1) is 0 Å². The van der Waals surface area contributed by atoms with E-state index >= 15 is 0 Å². The Kier molecular flexibility index (Phi) is 11.8. The van der Waals surface area contributed by atoms with Gasteiger partial charge in [0.05, 0.1) is 6.10 Å².